The minimum Gasteiger partial charge on any atom is -0.352 e. The summed E-state index contributed by atoms with van der Waals surface area (Å²) in [5, 5.41) is 3.65. The van der Waals surface area contributed by atoms with Gasteiger partial charge in [-0.05, 0) is 43.5 Å². The van der Waals surface area contributed by atoms with Gasteiger partial charge in [0, 0.05) is 23.4 Å². The molecule has 0 heterocycles. The Balaban J connectivity index is 2.08. The summed E-state index contributed by atoms with van der Waals surface area (Å²) in [6.45, 7) is 6.22. The van der Waals surface area contributed by atoms with Crippen molar-refractivity contribution < 1.29 is 9.59 Å². The van der Waals surface area contributed by atoms with Gasteiger partial charge in [-0.25, -0.2) is 0 Å². The van der Waals surface area contributed by atoms with Gasteiger partial charge in [0.2, 0.25) is 11.8 Å². The number of amides is 2. The molecule has 6 heteroatoms. The monoisotopic (exact) mass is 432 g/mol. The van der Waals surface area contributed by atoms with Crippen LogP contribution in [0.2, 0.25) is 5.02 Å². The first-order valence-electron chi connectivity index (χ1n) is 9.86. The average Bonchev–Trinajstić information content (AvgIpc) is 2.69. The number of hydrogen-bond acceptors (Lipinski definition) is 3. The van der Waals surface area contributed by atoms with Gasteiger partial charge in [-0.3, -0.25) is 9.59 Å². The van der Waals surface area contributed by atoms with Crippen molar-refractivity contribution in [3.05, 3.63) is 70.7 Å². The first kappa shape index (κ1) is 23.3. The number of carbonyl (C=O) groups excluding carboxylic acids is 2. The van der Waals surface area contributed by atoms with Gasteiger partial charge >= 0.3 is 0 Å². The second kappa shape index (κ2) is 11.9. The SMILES string of the molecule is CC[C@@H](C(=O)NC(C)C)N(Cc1ccccc1)C(=O)CSCc1ccc(Cl)cc1. The highest BCUT2D eigenvalue weighted by Gasteiger charge is 2.28. The standard InChI is InChI=1S/C23H29ClN2O2S/c1-4-21(23(28)25-17(2)3)26(14-18-8-6-5-7-9-18)22(27)16-29-15-19-10-12-20(24)13-11-19/h5-13,17,21H,4,14-16H2,1-3H3,(H,25,28)/t21-/m0/s1. The van der Waals surface area contributed by atoms with Crippen LogP contribution < -0.4 is 5.32 Å². The number of thioether (sulfide) groups is 1. The third kappa shape index (κ3) is 7.75. The van der Waals surface area contributed by atoms with Gasteiger partial charge in [0.15, 0.2) is 0 Å². The van der Waals surface area contributed by atoms with Gasteiger partial charge in [0.05, 0.1) is 5.75 Å². The molecule has 0 fully saturated rings. The zero-order valence-corrected chi connectivity index (χ0v) is 18.8. The Kier molecular flexibility index (Phi) is 9.55. The highest BCUT2D eigenvalue weighted by atomic mass is 35.5. The molecule has 0 aliphatic rings. The van der Waals surface area contributed by atoms with E-state index in [-0.39, 0.29) is 17.9 Å². The van der Waals surface area contributed by atoms with Crippen LogP contribution in [0.3, 0.4) is 0 Å². The molecule has 0 aliphatic carbocycles. The van der Waals surface area contributed by atoms with E-state index in [1.807, 2.05) is 75.4 Å². The highest BCUT2D eigenvalue weighted by Crippen LogP contribution is 2.18. The van der Waals surface area contributed by atoms with Gasteiger partial charge in [0.25, 0.3) is 0 Å². The highest BCUT2D eigenvalue weighted by molar-refractivity contribution is 7.99. The van der Waals surface area contributed by atoms with Crippen LogP contribution in [0.4, 0.5) is 0 Å². The fourth-order valence-electron chi connectivity index (χ4n) is 3.00. The fourth-order valence-corrected chi connectivity index (χ4v) is 4.00. The molecule has 0 bridgehead atoms. The van der Waals surface area contributed by atoms with E-state index in [0.29, 0.717) is 23.7 Å². The van der Waals surface area contributed by atoms with Crippen molar-refractivity contribution in [3.63, 3.8) is 0 Å². The third-order valence-corrected chi connectivity index (χ3v) is 5.66. The van der Waals surface area contributed by atoms with Crippen LogP contribution in [0.5, 0.6) is 0 Å². The molecule has 29 heavy (non-hydrogen) atoms. The zero-order chi connectivity index (χ0) is 21.2. The Hall–Kier alpha value is -1.98. The Labute approximate surface area is 183 Å². The lowest BCUT2D eigenvalue weighted by Crippen LogP contribution is -2.50. The van der Waals surface area contributed by atoms with Gasteiger partial charge in [-0.15, -0.1) is 11.8 Å². The van der Waals surface area contributed by atoms with E-state index in [9.17, 15) is 9.59 Å². The van der Waals surface area contributed by atoms with Crippen molar-refractivity contribution in [2.45, 2.75) is 51.6 Å². The molecule has 2 rings (SSSR count). The molecule has 2 aromatic carbocycles. The van der Waals surface area contributed by atoms with Gasteiger partial charge in [-0.2, -0.15) is 0 Å². The van der Waals surface area contributed by atoms with Crippen LogP contribution in [-0.4, -0.2) is 34.6 Å². The Morgan fingerprint density at radius 2 is 1.69 bits per heavy atom. The predicted molar refractivity (Wildman–Crippen MR) is 122 cm³/mol. The number of halogens is 1. The first-order valence-corrected chi connectivity index (χ1v) is 11.4. The van der Waals surface area contributed by atoms with Gasteiger partial charge < -0.3 is 10.2 Å². The minimum atomic E-state index is -0.485. The molecule has 0 unspecified atom stereocenters. The van der Waals surface area contributed by atoms with Gasteiger partial charge in [0.1, 0.15) is 6.04 Å². The summed E-state index contributed by atoms with van der Waals surface area (Å²) < 4.78 is 0. The Morgan fingerprint density at radius 3 is 2.28 bits per heavy atom. The predicted octanol–water partition coefficient (Wildman–Crippen LogP) is 4.91. The number of nitrogens with one attached hydrogen (secondary N) is 1. The molecule has 0 saturated heterocycles. The topological polar surface area (TPSA) is 49.4 Å². The maximum atomic E-state index is 13.1. The van der Waals surface area contributed by atoms with Crippen LogP contribution in [0.1, 0.15) is 38.3 Å². The van der Waals surface area contributed by atoms with Crippen LogP contribution in [0.15, 0.2) is 54.6 Å². The van der Waals surface area contributed by atoms with E-state index >= 15 is 0 Å². The molecule has 1 N–H and O–H groups in total. The summed E-state index contributed by atoms with van der Waals surface area (Å²) in [7, 11) is 0. The van der Waals surface area contributed by atoms with Crippen molar-refractivity contribution in [1.29, 1.82) is 0 Å². The quantitative estimate of drug-likeness (QED) is 0.580. The smallest absolute Gasteiger partial charge is 0.243 e. The zero-order valence-electron chi connectivity index (χ0n) is 17.2. The second-order valence-electron chi connectivity index (χ2n) is 7.21. The Morgan fingerprint density at radius 1 is 1.03 bits per heavy atom. The van der Waals surface area contributed by atoms with Crippen molar-refractivity contribution >= 4 is 35.2 Å². The normalized spacial score (nSPS) is 11.9. The lowest BCUT2D eigenvalue weighted by molar-refractivity contribution is -0.139. The van der Waals surface area contributed by atoms with Crippen molar-refractivity contribution in [2.75, 3.05) is 5.75 Å². The number of carbonyl (C=O) groups is 2. The molecule has 1 atom stereocenters. The van der Waals surface area contributed by atoms with E-state index in [2.05, 4.69) is 5.32 Å². The van der Waals surface area contributed by atoms with E-state index in [0.717, 1.165) is 16.9 Å². The van der Waals surface area contributed by atoms with E-state index in [4.69, 9.17) is 11.6 Å². The molecule has 0 spiro atoms. The number of rotatable bonds is 10. The maximum absolute atomic E-state index is 13.1. The van der Waals surface area contributed by atoms with Crippen LogP contribution in [-0.2, 0) is 21.9 Å². The molecular formula is C23H29ClN2O2S. The maximum Gasteiger partial charge on any atom is 0.243 e. The van der Waals surface area contributed by atoms with Crippen LogP contribution >= 0.6 is 23.4 Å². The Bertz CT molecular complexity index is 781. The van der Waals surface area contributed by atoms with E-state index in [1.165, 1.54) is 0 Å². The molecule has 4 nitrogen and oxygen atoms in total. The molecular weight excluding hydrogens is 404 g/mol. The van der Waals surface area contributed by atoms with E-state index < -0.39 is 6.04 Å². The molecule has 0 radical (unpaired) electrons. The molecule has 2 aromatic rings. The fraction of sp³-hybridized carbons (Fsp3) is 0.391. The average molecular weight is 433 g/mol. The molecule has 0 aliphatic heterocycles. The number of hydrogen-bond donors (Lipinski definition) is 1. The molecule has 2 amide bonds. The molecule has 0 aromatic heterocycles. The van der Waals surface area contributed by atoms with Crippen molar-refractivity contribution in [3.8, 4) is 0 Å². The first-order chi connectivity index (χ1) is 13.9. The largest absolute Gasteiger partial charge is 0.352 e. The summed E-state index contributed by atoms with van der Waals surface area (Å²) in [4.78, 5) is 27.5. The number of nitrogens with zero attached hydrogens (tertiary/aromatic N) is 1. The van der Waals surface area contributed by atoms with Crippen LogP contribution in [0.25, 0.3) is 0 Å². The minimum absolute atomic E-state index is 0.0291. The summed E-state index contributed by atoms with van der Waals surface area (Å²) in [5.74, 6) is 0.908. The lowest BCUT2D eigenvalue weighted by Gasteiger charge is -2.31. The lowest BCUT2D eigenvalue weighted by atomic mass is 10.1. The number of benzene rings is 2. The van der Waals surface area contributed by atoms with Crippen molar-refractivity contribution in [2.24, 2.45) is 0 Å². The summed E-state index contributed by atoms with van der Waals surface area (Å²) in [5.41, 5.74) is 2.13. The second-order valence-corrected chi connectivity index (χ2v) is 8.64. The third-order valence-electron chi connectivity index (χ3n) is 4.42. The van der Waals surface area contributed by atoms with Crippen molar-refractivity contribution in [1.82, 2.24) is 10.2 Å². The van der Waals surface area contributed by atoms with Gasteiger partial charge in [-0.1, -0.05) is 61.0 Å². The molecule has 0 saturated carbocycles. The molecule has 156 valence electrons. The summed E-state index contributed by atoms with van der Waals surface area (Å²) in [6, 6.07) is 17.0. The summed E-state index contributed by atoms with van der Waals surface area (Å²) >= 11 is 7.47. The summed E-state index contributed by atoms with van der Waals surface area (Å²) in [6.07, 6.45) is 0.568. The van der Waals surface area contributed by atoms with E-state index in [1.54, 1.807) is 16.7 Å². The van der Waals surface area contributed by atoms with Crippen LogP contribution in [0, 0.1) is 0 Å².